The summed E-state index contributed by atoms with van der Waals surface area (Å²) in [7, 11) is 0. The van der Waals surface area contributed by atoms with E-state index >= 15 is 0 Å². The van der Waals surface area contributed by atoms with E-state index in [0.717, 1.165) is 63.6 Å². The Kier molecular flexibility index (Phi) is 12.9. The van der Waals surface area contributed by atoms with Crippen LogP contribution in [0.4, 0.5) is 5.69 Å². The topological polar surface area (TPSA) is 47.6 Å². The number of piperazine rings is 1. The summed E-state index contributed by atoms with van der Waals surface area (Å²) in [6.45, 7) is 12.3. The standard InChI is InChI=1S/C18H30N4O.2ClH/c1-3-19-15-16-7-5-6-8-17(16)20-18(23)9-10-22-13-11-21(4-2)12-14-22;;/h5-8,19H,3-4,9-15H2,1-2H3,(H,20,23);2*1H. The molecule has 1 aliphatic heterocycles. The number of nitrogens with one attached hydrogen (secondary N) is 2. The van der Waals surface area contributed by atoms with Gasteiger partial charge in [-0.1, -0.05) is 32.0 Å². The van der Waals surface area contributed by atoms with Crippen LogP contribution in [-0.2, 0) is 11.3 Å². The van der Waals surface area contributed by atoms with Crippen LogP contribution in [-0.4, -0.2) is 61.5 Å². The molecule has 5 nitrogen and oxygen atoms in total. The van der Waals surface area contributed by atoms with E-state index in [1.165, 1.54) is 0 Å². The highest BCUT2D eigenvalue weighted by Gasteiger charge is 2.16. The number of carbonyl (C=O) groups is 1. The lowest BCUT2D eigenvalue weighted by atomic mass is 10.1. The molecule has 1 fully saturated rings. The molecular formula is C18H32Cl2N4O. The number of halogens is 2. The zero-order valence-electron chi connectivity index (χ0n) is 15.3. The lowest BCUT2D eigenvalue weighted by molar-refractivity contribution is -0.116. The average molecular weight is 391 g/mol. The van der Waals surface area contributed by atoms with Crippen molar-refractivity contribution in [3.05, 3.63) is 29.8 Å². The summed E-state index contributed by atoms with van der Waals surface area (Å²) in [5, 5.41) is 6.37. The Morgan fingerprint density at radius 3 is 2.32 bits per heavy atom. The number of nitrogens with zero attached hydrogens (tertiary/aromatic N) is 2. The summed E-state index contributed by atoms with van der Waals surface area (Å²) >= 11 is 0. The molecule has 1 heterocycles. The summed E-state index contributed by atoms with van der Waals surface area (Å²) in [5.41, 5.74) is 2.06. The van der Waals surface area contributed by atoms with Gasteiger partial charge in [0.15, 0.2) is 0 Å². The maximum Gasteiger partial charge on any atom is 0.225 e. The van der Waals surface area contributed by atoms with E-state index < -0.39 is 0 Å². The minimum absolute atomic E-state index is 0. The number of hydrogen-bond acceptors (Lipinski definition) is 4. The number of likely N-dealkylation sites (N-methyl/N-ethyl adjacent to an activating group) is 1. The summed E-state index contributed by atoms with van der Waals surface area (Å²) in [6.07, 6.45) is 0.557. The van der Waals surface area contributed by atoms with Crippen molar-refractivity contribution >= 4 is 36.4 Å². The van der Waals surface area contributed by atoms with Gasteiger partial charge >= 0.3 is 0 Å². The quantitative estimate of drug-likeness (QED) is 0.715. The molecule has 0 spiro atoms. The molecule has 1 aromatic rings. The van der Waals surface area contributed by atoms with Crippen LogP contribution >= 0.6 is 24.8 Å². The van der Waals surface area contributed by atoms with E-state index in [-0.39, 0.29) is 30.7 Å². The van der Waals surface area contributed by atoms with Gasteiger partial charge in [-0.15, -0.1) is 24.8 Å². The Morgan fingerprint density at radius 2 is 1.68 bits per heavy atom. The monoisotopic (exact) mass is 390 g/mol. The Balaban J connectivity index is 0.00000288. The Hall–Kier alpha value is -0.850. The average Bonchev–Trinajstić information content (AvgIpc) is 2.59. The highest BCUT2D eigenvalue weighted by atomic mass is 35.5. The zero-order chi connectivity index (χ0) is 16.5. The fourth-order valence-electron chi connectivity index (χ4n) is 2.86. The number of hydrogen-bond donors (Lipinski definition) is 2. The van der Waals surface area contributed by atoms with Gasteiger partial charge in [0.05, 0.1) is 0 Å². The molecule has 2 N–H and O–H groups in total. The van der Waals surface area contributed by atoms with E-state index in [4.69, 9.17) is 0 Å². The van der Waals surface area contributed by atoms with Crippen LogP contribution in [0, 0.1) is 0 Å². The maximum atomic E-state index is 12.2. The second kappa shape index (κ2) is 13.4. The Bertz CT molecular complexity index is 494. The molecule has 0 bridgehead atoms. The predicted octanol–water partition coefficient (Wildman–Crippen LogP) is 2.61. The minimum atomic E-state index is 0. The first-order valence-corrected chi connectivity index (χ1v) is 8.76. The van der Waals surface area contributed by atoms with Crippen molar-refractivity contribution in [2.75, 3.05) is 51.1 Å². The van der Waals surface area contributed by atoms with Gasteiger partial charge in [0.1, 0.15) is 0 Å². The van der Waals surface area contributed by atoms with Crippen LogP contribution in [0.5, 0.6) is 0 Å². The van der Waals surface area contributed by atoms with Crippen LogP contribution < -0.4 is 10.6 Å². The van der Waals surface area contributed by atoms with E-state index in [2.05, 4.69) is 40.3 Å². The number of carbonyl (C=O) groups excluding carboxylic acids is 1. The molecule has 0 atom stereocenters. The van der Waals surface area contributed by atoms with E-state index in [9.17, 15) is 4.79 Å². The first-order valence-electron chi connectivity index (χ1n) is 8.76. The highest BCUT2D eigenvalue weighted by molar-refractivity contribution is 5.91. The molecule has 1 saturated heterocycles. The number of rotatable bonds is 8. The van der Waals surface area contributed by atoms with Crippen molar-refractivity contribution in [1.82, 2.24) is 15.1 Å². The van der Waals surface area contributed by atoms with Crippen LogP contribution in [0.1, 0.15) is 25.8 Å². The van der Waals surface area contributed by atoms with Crippen LogP contribution in [0.2, 0.25) is 0 Å². The van der Waals surface area contributed by atoms with Gasteiger partial charge in [-0.3, -0.25) is 4.79 Å². The second-order valence-electron chi connectivity index (χ2n) is 6.01. The van der Waals surface area contributed by atoms with Crippen molar-refractivity contribution in [3.63, 3.8) is 0 Å². The third-order valence-corrected chi connectivity index (χ3v) is 4.42. The molecule has 1 aliphatic rings. The van der Waals surface area contributed by atoms with Crippen LogP contribution in [0.3, 0.4) is 0 Å². The molecule has 0 aromatic heterocycles. The summed E-state index contributed by atoms with van der Waals surface area (Å²) < 4.78 is 0. The lowest BCUT2D eigenvalue weighted by Crippen LogP contribution is -2.46. The molecule has 0 unspecified atom stereocenters. The Labute approximate surface area is 164 Å². The van der Waals surface area contributed by atoms with Crippen molar-refractivity contribution in [3.8, 4) is 0 Å². The van der Waals surface area contributed by atoms with Gasteiger partial charge in [-0.25, -0.2) is 0 Å². The second-order valence-corrected chi connectivity index (χ2v) is 6.01. The van der Waals surface area contributed by atoms with Gasteiger partial charge in [0.2, 0.25) is 5.91 Å². The van der Waals surface area contributed by atoms with E-state index in [0.29, 0.717) is 6.42 Å². The fraction of sp³-hybridized carbons (Fsp3) is 0.611. The van der Waals surface area contributed by atoms with Gasteiger partial charge in [0, 0.05) is 51.4 Å². The molecule has 1 amide bonds. The minimum Gasteiger partial charge on any atom is -0.326 e. The zero-order valence-corrected chi connectivity index (χ0v) is 16.9. The largest absolute Gasteiger partial charge is 0.326 e. The number of para-hydroxylation sites is 1. The molecule has 0 aliphatic carbocycles. The van der Waals surface area contributed by atoms with Gasteiger partial charge in [-0.2, -0.15) is 0 Å². The number of benzene rings is 1. The van der Waals surface area contributed by atoms with Gasteiger partial charge in [0.25, 0.3) is 0 Å². The first kappa shape index (κ1) is 24.1. The van der Waals surface area contributed by atoms with E-state index in [1.54, 1.807) is 0 Å². The molecule has 0 radical (unpaired) electrons. The number of amides is 1. The fourth-order valence-corrected chi connectivity index (χ4v) is 2.86. The molecule has 1 aromatic carbocycles. The van der Waals surface area contributed by atoms with E-state index in [1.807, 2.05) is 18.2 Å². The molecule has 25 heavy (non-hydrogen) atoms. The smallest absolute Gasteiger partial charge is 0.225 e. The van der Waals surface area contributed by atoms with Gasteiger partial charge < -0.3 is 20.4 Å². The summed E-state index contributed by atoms with van der Waals surface area (Å²) in [4.78, 5) is 17.1. The van der Waals surface area contributed by atoms with Crippen molar-refractivity contribution in [2.45, 2.75) is 26.8 Å². The number of anilines is 1. The Morgan fingerprint density at radius 1 is 1.04 bits per heavy atom. The molecule has 0 saturated carbocycles. The summed E-state index contributed by atoms with van der Waals surface area (Å²) in [5.74, 6) is 0.104. The normalized spacial score (nSPS) is 15.1. The van der Waals surface area contributed by atoms with Gasteiger partial charge in [-0.05, 0) is 24.7 Å². The first-order chi connectivity index (χ1) is 11.2. The van der Waals surface area contributed by atoms with Crippen molar-refractivity contribution in [1.29, 1.82) is 0 Å². The molecular weight excluding hydrogens is 359 g/mol. The third-order valence-electron chi connectivity index (χ3n) is 4.42. The van der Waals surface area contributed by atoms with Crippen LogP contribution in [0.15, 0.2) is 24.3 Å². The van der Waals surface area contributed by atoms with Crippen molar-refractivity contribution in [2.24, 2.45) is 0 Å². The predicted molar refractivity (Wildman–Crippen MR) is 110 cm³/mol. The molecule has 2 rings (SSSR count). The summed E-state index contributed by atoms with van der Waals surface area (Å²) in [6, 6.07) is 8.01. The third kappa shape index (κ3) is 8.38. The van der Waals surface area contributed by atoms with Crippen LogP contribution in [0.25, 0.3) is 0 Å². The van der Waals surface area contributed by atoms with Crippen molar-refractivity contribution < 1.29 is 4.79 Å². The molecule has 7 heteroatoms. The SMILES string of the molecule is CCNCc1ccccc1NC(=O)CCN1CCN(CC)CC1.Cl.Cl. The lowest BCUT2D eigenvalue weighted by Gasteiger charge is -2.33. The maximum absolute atomic E-state index is 12.2. The molecule has 144 valence electrons. The highest BCUT2D eigenvalue weighted by Crippen LogP contribution is 2.15.